The van der Waals surface area contributed by atoms with Gasteiger partial charge < -0.3 is 9.84 Å². The van der Waals surface area contributed by atoms with Crippen LogP contribution in [-0.2, 0) is 0 Å². The number of fused-ring (bicyclic) bond motifs is 1. The van der Waals surface area contributed by atoms with Gasteiger partial charge in [-0.2, -0.15) is 0 Å². The molecule has 1 N–H and O–H groups in total. The minimum Gasteiger partial charge on any atom is -0.506 e. The first kappa shape index (κ1) is 15.1. The maximum absolute atomic E-state index is 9.88. The van der Waals surface area contributed by atoms with Crippen LogP contribution in [-0.4, -0.2) is 16.2 Å². The summed E-state index contributed by atoms with van der Waals surface area (Å²) in [6.07, 6.45) is 4.10. The van der Waals surface area contributed by atoms with Gasteiger partial charge in [0, 0.05) is 5.39 Å². The van der Waals surface area contributed by atoms with E-state index in [0.717, 1.165) is 22.4 Å². The van der Waals surface area contributed by atoms with Crippen molar-refractivity contribution in [1.29, 1.82) is 0 Å². The van der Waals surface area contributed by atoms with E-state index < -0.39 is 0 Å². The highest BCUT2D eigenvalue weighted by molar-refractivity contribution is 5.85. The third-order valence-electron chi connectivity index (χ3n) is 3.42. The smallest absolute Gasteiger partial charge is 0.141 e. The van der Waals surface area contributed by atoms with Crippen LogP contribution in [0.25, 0.3) is 23.1 Å². The monoisotopic (exact) mass is 305 g/mol. The highest BCUT2D eigenvalue weighted by Gasteiger charge is 2.01. The number of pyridine rings is 1. The molecule has 2 aromatic carbocycles. The molecule has 0 atom stereocenters. The number of aromatic nitrogens is 1. The van der Waals surface area contributed by atoms with E-state index >= 15 is 0 Å². The molecular formula is C20H19NO2. The molecule has 0 aliphatic carbocycles. The summed E-state index contributed by atoms with van der Waals surface area (Å²) in [5.74, 6) is 1.07. The van der Waals surface area contributed by atoms with Gasteiger partial charge in [-0.3, -0.25) is 0 Å². The number of benzene rings is 2. The highest BCUT2D eigenvalue weighted by atomic mass is 16.5. The van der Waals surface area contributed by atoms with Crippen molar-refractivity contribution in [3.8, 4) is 11.5 Å². The number of phenols is 1. The molecule has 0 aliphatic rings. The van der Waals surface area contributed by atoms with Gasteiger partial charge in [0.25, 0.3) is 0 Å². The van der Waals surface area contributed by atoms with Crippen molar-refractivity contribution in [2.45, 2.75) is 20.0 Å². The van der Waals surface area contributed by atoms with Gasteiger partial charge in [0.2, 0.25) is 0 Å². The standard InChI is InChI=1S/C20H19NO2/c1-14(2)23-18-12-7-15(8-13-18)6-10-17-11-9-16-4-3-5-19(22)20(16)21-17/h3-14,22H,1-2H3/b10-6+. The first-order valence-electron chi connectivity index (χ1n) is 7.65. The lowest BCUT2D eigenvalue weighted by molar-refractivity contribution is 0.242. The summed E-state index contributed by atoms with van der Waals surface area (Å²) in [5.41, 5.74) is 2.50. The van der Waals surface area contributed by atoms with Crippen LogP contribution in [0.4, 0.5) is 0 Å². The largest absolute Gasteiger partial charge is 0.506 e. The molecule has 1 aromatic heterocycles. The Morgan fingerprint density at radius 1 is 0.957 bits per heavy atom. The number of phenolic OH excluding ortho intramolecular Hbond substituents is 1. The Balaban J connectivity index is 1.81. The molecule has 0 fully saturated rings. The lowest BCUT2D eigenvalue weighted by Gasteiger charge is -2.09. The predicted molar refractivity (Wildman–Crippen MR) is 94.5 cm³/mol. The van der Waals surface area contributed by atoms with Crippen LogP contribution in [0.15, 0.2) is 54.6 Å². The average Bonchev–Trinajstić information content (AvgIpc) is 2.54. The molecule has 0 amide bonds. The van der Waals surface area contributed by atoms with Crippen LogP contribution >= 0.6 is 0 Å². The van der Waals surface area contributed by atoms with Crippen molar-refractivity contribution in [3.63, 3.8) is 0 Å². The maximum Gasteiger partial charge on any atom is 0.141 e. The zero-order valence-corrected chi connectivity index (χ0v) is 13.2. The lowest BCUT2D eigenvalue weighted by Crippen LogP contribution is -2.05. The van der Waals surface area contributed by atoms with E-state index in [1.54, 1.807) is 6.07 Å². The van der Waals surface area contributed by atoms with E-state index in [1.807, 2.05) is 74.5 Å². The number of nitrogens with zero attached hydrogens (tertiary/aromatic N) is 1. The molecule has 3 nitrogen and oxygen atoms in total. The van der Waals surface area contributed by atoms with Crippen molar-refractivity contribution in [3.05, 3.63) is 65.9 Å². The number of rotatable bonds is 4. The Labute approximate surface area is 135 Å². The molecule has 1 heterocycles. The number of ether oxygens (including phenoxy) is 1. The number of para-hydroxylation sites is 1. The normalized spacial score (nSPS) is 11.4. The third-order valence-corrected chi connectivity index (χ3v) is 3.42. The quantitative estimate of drug-likeness (QED) is 0.745. The molecule has 0 unspecified atom stereocenters. The molecule has 116 valence electrons. The number of hydrogen-bond donors (Lipinski definition) is 1. The highest BCUT2D eigenvalue weighted by Crippen LogP contribution is 2.23. The van der Waals surface area contributed by atoms with E-state index in [4.69, 9.17) is 4.74 Å². The van der Waals surface area contributed by atoms with Gasteiger partial charge in [-0.1, -0.05) is 36.4 Å². The molecule has 0 radical (unpaired) electrons. The molecular weight excluding hydrogens is 286 g/mol. The van der Waals surface area contributed by atoms with Gasteiger partial charge in [0.05, 0.1) is 11.8 Å². The zero-order chi connectivity index (χ0) is 16.2. The molecule has 0 bridgehead atoms. The van der Waals surface area contributed by atoms with Crippen LogP contribution in [0.2, 0.25) is 0 Å². The van der Waals surface area contributed by atoms with Gasteiger partial charge in [-0.15, -0.1) is 0 Å². The number of hydrogen-bond acceptors (Lipinski definition) is 3. The summed E-state index contributed by atoms with van der Waals surface area (Å²) < 4.78 is 5.63. The van der Waals surface area contributed by atoms with Gasteiger partial charge in [-0.25, -0.2) is 4.98 Å². The van der Waals surface area contributed by atoms with Crippen molar-refractivity contribution in [1.82, 2.24) is 4.98 Å². The summed E-state index contributed by atoms with van der Waals surface area (Å²) in [4.78, 5) is 4.49. The molecule has 0 saturated carbocycles. The lowest BCUT2D eigenvalue weighted by atomic mass is 10.1. The first-order chi connectivity index (χ1) is 11.1. The summed E-state index contributed by atoms with van der Waals surface area (Å²) in [7, 11) is 0. The van der Waals surface area contributed by atoms with Crippen molar-refractivity contribution < 1.29 is 9.84 Å². The average molecular weight is 305 g/mol. The molecule has 3 heteroatoms. The topological polar surface area (TPSA) is 42.4 Å². The van der Waals surface area contributed by atoms with Crippen LogP contribution in [0, 0.1) is 0 Å². The van der Waals surface area contributed by atoms with E-state index in [1.165, 1.54) is 0 Å². The van der Waals surface area contributed by atoms with E-state index in [2.05, 4.69) is 4.98 Å². The van der Waals surface area contributed by atoms with Crippen LogP contribution in [0.5, 0.6) is 11.5 Å². The van der Waals surface area contributed by atoms with Gasteiger partial charge in [0.1, 0.15) is 17.0 Å². The van der Waals surface area contributed by atoms with Gasteiger partial charge in [0.15, 0.2) is 0 Å². The Morgan fingerprint density at radius 2 is 1.74 bits per heavy atom. The Kier molecular flexibility index (Phi) is 4.29. The van der Waals surface area contributed by atoms with Crippen LogP contribution < -0.4 is 4.74 Å². The molecule has 0 aliphatic heterocycles. The fraction of sp³-hybridized carbons (Fsp3) is 0.150. The summed E-state index contributed by atoms with van der Waals surface area (Å²) in [6.45, 7) is 4.02. The first-order valence-corrected chi connectivity index (χ1v) is 7.65. The fourth-order valence-corrected chi connectivity index (χ4v) is 2.35. The Bertz CT molecular complexity index is 836. The van der Waals surface area contributed by atoms with Crippen molar-refractivity contribution in [2.75, 3.05) is 0 Å². The van der Waals surface area contributed by atoms with Crippen molar-refractivity contribution >= 4 is 23.1 Å². The third kappa shape index (κ3) is 3.69. The molecule has 23 heavy (non-hydrogen) atoms. The minimum atomic E-state index is 0.172. The van der Waals surface area contributed by atoms with E-state index in [0.29, 0.717) is 5.52 Å². The zero-order valence-electron chi connectivity index (χ0n) is 13.2. The van der Waals surface area contributed by atoms with Crippen LogP contribution in [0.3, 0.4) is 0 Å². The molecule has 0 spiro atoms. The molecule has 0 saturated heterocycles. The predicted octanol–water partition coefficient (Wildman–Crippen LogP) is 4.90. The van der Waals surface area contributed by atoms with Gasteiger partial charge >= 0.3 is 0 Å². The fourth-order valence-electron chi connectivity index (χ4n) is 2.35. The summed E-state index contributed by atoms with van der Waals surface area (Å²) in [6, 6.07) is 17.2. The van der Waals surface area contributed by atoms with Crippen LogP contribution in [0.1, 0.15) is 25.1 Å². The summed E-state index contributed by atoms with van der Waals surface area (Å²) >= 11 is 0. The number of aromatic hydroxyl groups is 1. The van der Waals surface area contributed by atoms with E-state index in [-0.39, 0.29) is 11.9 Å². The minimum absolute atomic E-state index is 0.172. The molecule has 3 aromatic rings. The Morgan fingerprint density at radius 3 is 2.48 bits per heavy atom. The van der Waals surface area contributed by atoms with Gasteiger partial charge in [-0.05, 0) is 49.8 Å². The second-order valence-electron chi connectivity index (χ2n) is 5.65. The van der Waals surface area contributed by atoms with Crippen molar-refractivity contribution in [2.24, 2.45) is 0 Å². The Hall–Kier alpha value is -2.81. The molecule has 3 rings (SSSR count). The summed E-state index contributed by atoms with van der Waals surface area (Å²) in [5, 5.41) is 10.8. The second kappa shape index (κ2) is 6.53. The second-order valence-corrected chi connectivity index (χ2v) is 5.65. The SMILES string of the molecule is CC(C)Oc1ccc(/C=C/c2ccc3cccc(O)c3n2)cc1. The maximum atomic E-state index is 9.88. The van der Waals surface area contributed by atoms with E-state index in [9.17, 15) is 5.11 Å².